The van der Waals surface area contributed by atoms with E-state index in [1.165, 1.54) is 32.2 Å². The minimum Gasteiger partial charge on any atom is -0.508 e. The minimum absolute atomic E-state index is 0.0565. The molecule has 0 aliphatic carbocycles. The van der Waals surface area contributed by atoms with E-state index in [1.807, 2.05) is 0 Å². The van der Waals surface area contributed by atoms with Gasteiger partial charge in [-0.1, -0.05) is 0 Å². The highest BCUT2D eigenvalue weighted by molar-refractivity contribution is 5.88. The molecule has 6 N–H and O–H groups in total. The second-order valence-corrected chi connectivity index (χ2v) is 7.61. The van der Waals surface area contributed by atoms with Crippen LogP contribution in [0.3, 0.4) is 0 Å². The van der Waals surface area contributed by atoms with Gasteiger partial charge in [0.05, 0.1) is 13.2 Å². The van der Waals surface area contributed by atoms with Crippen molar-refractivity contribution in [1.82, 2.24) is 0 Å². The fourth-order valence-electron chi connectivity index (χ4n) is 3.61. The normalized spacial score (nSPS) is 25.2. The summed E-state index contributed by atoms with van der Waals surface area (Å²) in [5.41, 5.74) is -0.818. The monoisotopic (exact) mass is 462 g/mol. The van der Waals surface area contributed by atoms with Crippen LogP contribution in [0, 0.1) is 0 Å². The molecular formula is C22H22O11. The van der Waals surface area contributed by atoms with Crippen LogP contribution in [0.5, 0.6) is 28.7 Å². The third-order valence-corrected chi connectivity index (χ3v) is 5.40. The van der Waals surface area contributed by atoms with Crippen LogP contribution in [0.25, 0.3) is 22.3 Å². The molecular weight excluding hydrogens is 440 g/mol. The lowest BCUT2D eigenvalue weighted by Crippen LogP contribution is -2.58. The predicted molar refractivity (Wildman–Crippen MR) is 112 cm³/mol. The van der Waals surface area contributed by atoms with Crippen LogP contribution in [-0.4, -0.2) is 68.5 Å². The second kappa shape index (κ2) is 8.45. The molecule has 1 aliphatic heterocycles. The second-order valence-electron chi connectivity index (χ2n) is 7.61. The van der Waals surface area contributed by atoms with Crippen molar-refractivity contribution in [3.8, 4) is 40.1 Å². The Labute approximate surface area is 186 Å². The molecule has 1 aliphatic rings. The molecule has 0 unspecified atom stereocenters. The zero-order valence-corrected chi connectivity index (χ0v) is 17.5. The zero-order chi connectivity index (χ0) is 24.0. The van der Waals surface area contributed by atoms with Gasteiger partial charge in [0, 0.05) is 17.7 Å². The van der Waals surface area contributed by atoms with Gasteiger partial charge in [0.2, 0.25) is 17.5 Å². The summed E-state index contributed by atoms with van der Waals surface area (Å²) in [6.45, 7) is 1.44. The number of hydrogen-bond donors (Lipinski definition) is 6. The van der Waals surface area contributed by atoms with E-state index < -0.39 is 47.6 Å². The molecule has 3 aromatic rings. The van der Waals surface area contributed by atoms with Crippen LogP contribution >= 0.6 is 0 Å². The van der Waals surface area contributed by atoms with Gasteiger partial charge in [0.1, 0.15) is 40.8 Å². The van der Waals surface area contributed by atoms with Crippen LogP contribution in [0.4, 0.5) is 0 Å². The first kappa shape index (κ1) is 22.7. The van der Waals surface area contributed by atoms with E-state index in [2.05, 4.69) is 0 Å². The van der Waals surface area contributed by atoms with E-state index in [4.69, 9.17) is 18.6 Å². The number of phenols is 3. The van der Waals surface area contributed by atoms with Crippen molar-refractivity contribution in [2.75, 3.05) is 7.11 Å². The van der Waals surface area contributed by atoms with E-state index in [1.54, 1.807) is 0 Å². The minimum atomic E-state index is -1.72. The van der Waals surface area contributed by atoms with Crippen molar-refractivity contribution >= 4 is 11.0 Å². The first-order valence-corrected chi connectivity index (χ1v) is 9.88. The molecule has 1 fully saturated rings. The summed E-state index contributed by atoms with van der Waals surface area (Å²) in [5.74, 6) is -1.74. The maximum Gasteiger partial charge on any atom is 0.239 e. The van der Waals surface area contributed by atoms with Crippen molar-refractivity contribution in [2.24, 2.45) is 0 Å². The molecule has 2 aromatic carbocycles. The Kier molecular flexibility index (Phi) is 5.80. The molecule has 0 amide bonds. The maximum atomic E-state index is 13.3. The number of ether oxygens (including phenoxy) is 3. The Hall–Kier alpha value is -3.51. The molecule has 2 heterocycles. The smallest absolute Gasteiger partial charge is 0.239 e. The number of methoxy groups -OCH3 is 1. The fraction of sp³-hybridized carbons (Fsp3) is 0.318. The summed E-state index contributed by atoms with van der Waals surface area (Å²) in [7, 11) is 1.32. The number of phenolic OH excluding ortho intramolecular Hbond substituents is 3. The van der Waals surface area contributed by atoms with Crippen molar-refractivity contribution in [3.63, 3.8) is 0 Å². The van der Waals surface area contributed by atoms with E-state index in [0.717, 1.165) is 12.1 Å². The number of aliphatic hydroxyl groups is 3. The lowest BCUT2D eigenvalue weighted by atomic mass is 10.00. The quantitative estimate of drug-likeness (QED) is 0.323. The third kappa shape index (κ3) is 3.91. The Morgan fingerprint density at radius 1 is 0.939 bits per heavy atom. The van der Waals surface area contributed by atoms with E-state index in [9.17, 15) is 35.4 Å². The summed E-state index contributed by atoms with van der Waals surface area (Å²) in [6.07, 6.45) is -7.24. The average molecular weight is 462 g/mol. The third-order valence-electron chi connectivity index (χ3n) is 5.40. The average Bonchev–Trinajstić information content (AvgIpc) is 2.77. The van der Waals surface area contributed by atoms with Gasteiger partial charge in [-0.3, -0.25) is 4.79 Å². The number of aliphatic hydroxyl groups excluding tert-OH is 3. The lowest BCUT2D eigenvalue weighted by Gasteiger charge is -2.38. The summed E-state index contributed by atoms with van der Waals surface area (Å²) in [6, 6.07) is 6.11. The first-order chi connectivity index (χ1) is 15.6. The molecule has 0 spiro atoms. The van der Waals surface area contributed by atoms with Crippen molar-refractivity contribution in [3.05, 3.63) is 40.6 Å². The van der Waals surface area contributed by atoms with E-state index >= 15 is 0 Å². The maximum absolute atomic E-state index is 13.3. The molecule has 11 heteroatoms. The number of benzene rings is 2. The summed E-state index contributed by atoms with van der Waals surface area (Å²) < 4.78 is 21.9. The van der Waals surface area contributed by atoms with Gasteiger partial charge in [-0.2, -0.15) is 0 Å². The Balaban J connectivity index is 1.93. The first-order valence-electron chi connectivity index (χ1n) is 9.88. The highest BCUT2D eigenvalue weighted by atomic mass is 16.7. The van der Waals surface area contributed by atoms with Gasteiger partial charge in [-0.05, 0) is 25.1 Å². The van der Waals surface area contributed by atoms with Gasteiger partial charge >= 0.3 is 0 Å². The van der Waals surface area contributed by atoms with Crippen molar-refractivity contribution < 1.29 is 49.3 Å². The molecule has 0 bridgehead atoms. The Bertz CT molecular complexity index is 1250. The number of aromatic hydroxyl groups is 3. The number of hydrogen-bond acceptors (Lipinski definition) is 11. The Morgan fingerprint density at radius 3 is 2.36 bits per heavy atom. The van der Waals surface area contributed by atoms with Crippen molar-refractivity contribution in [1.29, 1.82) is 0 Å². The molecule has 0 saturated carbocycles. The summed E-state index contributed by atoms with van der Waals surface area (Å²) in [4.78, 5) is 13.3. The predicted octanol–water partition coefficient (Wildman–Crippen LogP) is 0.792. The molecule has 0 radical (unpaired) electrons. The zero-order valence-electron chi connectivity index (χ0n) is 17.5. The SMILES string of the molecule is COc1cc(-c2oc3cc(O)cc(O)c3c(=O)c2O[C@H]2O[C@H](C)[C@@H](O)[C@H](O)[C@H]2O)ccc1O. The Morgan fingerprint density at radius 2 is 1.67 bits per heavy atom. The van der Waals surface area contributed by atoms with Gasteiger partial charge in [-0.15, -0.1) is 0 Å². The number of fused-ring (bicyclic) bond motifs is 1. The fourth-order valence-corrected chi connectivity index (χ4v) is 3.61. The topological polar surface area (TPSA) is 179 Å². The molecule has 11 nitrogen and oxygen atoms in total. The molecule has 33 heavy (non-hydrogen) atoms. The van der Waals surface area contributed by atoms with Gasteiger partial charge < -0.3 is 49.3 Å². The van der Waals surface area contributed by atoms with Gasteiger partial charge in [0.15, 0.2) is 17.3 Å². The molecule has 1 saturated heterocycles. The van der Waals surface area contributed by atoms with Gasteiger partial charge in [-0.25, -0.2) is 0 Å². The number of rotatable bonds is 4. The molecule has 1 aromatic heterocycles. The van der Waals surface area contributed by atoms with Crippen LogP contribution in [0.2, 0.25) is 0 Å². The van der Waals surface area contributed by atoms with Crippen LogP contribution in [0.15, 0.2) is 39.5 Å². The molecule has 5 atom stereocenters. The van der Waals surface area contributed by atoms with Crippen LogP contribution < -0.4 is 14.9 Å². The summed E-state index contributed by atoms with van der Waals surface area (Å²) in [5, 5.41) is 60.0. The van der Waals surface area contributed by atoms with Crippen molar-refractivity contribution in [2.45, 2.75) is 37.6 Å². The van der Waals surface area contributed by atoms with Crippen LogP contribution in [0.1, 0.15) is 6.92 Å². The molecule has 4 rings (SSSR count). The highest BCUT2D eigenvalue weighted by Gasteiger charge is 2.44. The highest BCUT2D eigenvalue weighted by Crippen LogP contribution is 2.39. The van der Waals surface area contributed by atoms with E-state index in [-0.39, 0.29) is 39.5 Å². The largest absolute Gasteiger partial charge is 0.508 e. The molecule has 176 valence electrons. The lowest BCUT2D eigenvalue weighted by molar-refractivity contribution is -0.268. The summed E-state index contributed by atoms with van der Waals surface area (Å²) >= 11 is 0. The van der Waals surface area contributed by atoms with E-state index in [0.29, 0.717) is 0 Å². The standard InChI is InChI=1S/C22H22O11/c1-8-16(26)18(28)19(29)22(31-8)33-21-17(27)15-12(25)6-10(23)7-14(15)32-20(21)9-3-4-11(24)13(5-9)30-2/h3-8,16,18-19,22-26,28-29H,1-2H3/t8-,16-,18+,19-,22-/m1/s1. The van der Waals surface area contributed by atoms with Gasteiger partial charge in [0.25, 0.3) is 0 Å². The van der Waals surface area contributed by atoms with Crippen LogP contribution in [-0.2, 0) is 4.74 Å².